The Morgan fingerprint density at radius 3 is 2.93 bits per heavy atom. The Labute approximate surface area is 158 Å². The van der Waals surface area contributed by atoms with Gasteiger partial charge in [-0.2, -0.15) is 0 Å². The van der Waals surface area contributed by atoms with Gasteiger partial charge in [-0.15, -0.1) is 11.3 Å². The number of para-hydroxylation sites is 1. The first-order valence-electron chi connectivity index (χ1n) is 8.02. The van der Waals surface area contributed by atoms with E-state index in [0.717, 1.165) is 22.6 Å². The lowest BCUT2D eigenvalue weighted by Gasteiger charge is -2.04. The Bertz CT molecular complexity index is 1080. The summed E-state index contributed by atoms with van der Waals surface area (Å²) in [5.74, 6) is 0.801. The van der Waals surface area contributed by atoms with E-state index in [1.807, 2.05) is 35.7 Å². The second-order valence-electron chi connectivity index (χ2n) is 5.51. The molecule has 8 heteroatoms. The molecule has 3 heterocycles. The zero-order valence-corrected chi connectivity index (χ0v) is 15.1. The van der Waals surface area contributed by atoms with Crippen LogP contribution in [0.2, 0.25) is 0 Å². The van der Waals surface area contributed by atoms with E-state index in [1.165, 1.54) is 11.3 Å². The Morgan fingerprint density at radius 1 is 1.22 bits per heavy atom. The second kappa shape index (κ2) is 7.38. The normalized spacial score (nSPS) is 10.6. The van der Waals surface area contributed by atoms with Crippen molar-refractivity contribution in [1.29, 1.82) is 0 Å². The third kappa shape index (κ3) is 3.56. The molecule has 0 aliphatic carbocycles. The van der Waals surface area contributed by atoms with Crippen molar-refractivity contribution >= 4 is 22.4 Å². The van der Waals surface area contributed by atoms with Gasteiger partial charge >= 0.3 is 0 Å². The zero-order valence-electron chi connectivity index (χ0n) is 14.2. The van der Waals surface area contributed by atoms with Gasteiger partial charge < -0.3 is 9.26 Å². The molecule has 4 aromatic rings. The molecule has 0 radical (unpaired) electrons. The van der Waals surface area contributed by atoms with Crippen molar-refractivity contribution in [2.24, 2.45) is 0 Å². The fourth-order valence-corrected chi connectivity index (χ4v) is 3.20. The second-order valence-corrected chi connectivity index (χ2v) is 6.37. The van der Waals surface area contributed by atoms with Gasteiger partial charge in [0.15, 0.2) is 16.6 Å². The molecule has 0 saturated heterocycles. The first kappa shape index (κ1) is 16.9. The van der Waals surface area contributed by atoms with Crippen LogP contribution in [-0.4, -0.2) is 28.1 Å². The molecule has 3 aromatic heterocycles. The number of carbonyl (C=O) groups is 1. The maximum absolute atomic E-state index is 12.4. The number of aromatic nitrogens is 3. The highest BCUT2D eigenvalue weighted by atomic mass is 32.1. The van der Waals surface area contributed by atoms with Gasteiger partial charge in [0, 0.05) is 35.0 Å². The number of rotatable bonds is 5. The Hall–Kier alpha value is -3.52. The molecule has 4 rings (SSSR count). The van der Waals surface area contributed by atoms with Crippen LogP contribution in [0.4, 0.5) is 5.13 Å². The molecular weight excluding hydrogens is 364 g/mol. The summed E-state index contributed by atoms with van der Waals surface area (Å²) in [6, 6.07) is 12.8. The van der Waals surface area contributed by atoms with Crippen molar-refractivity contribution in [3.8, 4) is 28.3 Å². The van der Waals surface area contributed by atoms with E-state index in [4.69, 9.17) is 9.26 Å². The number of ether oxygens (including phenoxy) is 1. The molecule has 0 atom stereocenters. The van der Waals surface area contributed by atoms with Gasteiger partial charge in [0.1, 0.15) is 5.75 Å². The van der Waals surface area contributed by atoms with Crippen LogP contribution < -0.4 is 10.1 Å². The lowest BCUT2D eigenvalue weighted by molar-refractivity contribution is 0.101. The lowest BCUT2D eigenvalue weighted by atomic mass is 10.1. The van der Waals surface area contributed by atoms with Gasteiger partial charge in [0.05, 0.1) is 12.8 Å². The average molecular weight is 378 g/mol. The van der Waals surface area contributed by atoms with E-state index in [0.29, 0.717) is 10.9 Å². The van der Waals surface area contributed by atoms with Crippen LogP contribution >= 0.6 is 11.3 Å². The quantitative estimate of drug-likeness (QED) is 0.562. The summed E-state index contributed by atoms with van der Waals surface area (Å²) >= 11 is 1.32. The number of nitrogens with zero attached hydrogens (tertiary/aromatic N) is 3. The van der Waals surface area contributed by atoms with Crippen LogP contribution in [0.15, 0.2) is 64.8 Å². The Balaban J connectivity index is 1.51. The molecule has 0 bridgehead atoms. The van der Waals surface area contributed by atoms with E-state index >= 15 is 0 Å². The number of hydrogen-bond acceptors (Lipinski definition) is 7. The van der Waals surface area contributed by atoms with Gasteiger partial charge in [-0.25, -0.2) is 4.98 Å². The maximum Gasteiger partial charge on any atom is 0.279 e. The minimum absolute atomic E-state index is 0.169. The number of pyridine rings is 1. The molecule has 0 saturated carbocycles. The summed E-state index contributed by atoms with van der Waals surface area (Å²) in [6.07, 6.45) is 3.30. The van der Waals surface area contributed by atoms with Gasteiger partial charge in [-0.1, -0.05) is 17.3 Å². The first-order valence-corrected chi connectivity index (χ1v) is 8.90. The summed E-state index contributed by atoms with van der Waals surface area (Å²) in [5, 5.41) is 8.89. The number of benzene rings is 1. The van der Waals surface area contributed by atoms with Gasteiger partial charge in [0.25, 0.3) is 5.91 Å². The fourth-order valence-electron chi connectivity index (χ4n) is 2.50. The van der Waals surface area contributed by atoms with Crippen molar-refractivity contribution in [2.45, 2.75) is 0 Å². The number of hydrogen-bond donors (Lipinski definition) is 1. The maximum atomic E-state index is 12.4. The van der Waals surface area contributed by atoms with Crippen LogP contribution in [0.1, 0.15) is 10.5 Å². The minimum Gasteiger partial charge on any atom is -0.496 e. The van der Waals surface area contributed by atoms with Crippen molar-refractivity contribution in [2.75, 3.05) is 12.4 Å². The van der Waals surface area contributed by atoms with Crippen LogP contribution in [0, 0.1) is 0 Å². The lowest BCUT2D eigenvalue weighted by Crippen LogP contribution is -2.11. The number of anilines is 1. The van der Waals surface area contributed by atoms with E-state index in [9.17, 15) is 4.79 Å². The molecule has 7 nitrogen and oxygen atoms in total. The van der Waals surface area contributed by atoms with E-state index in [-0.39, 0.29) is 5.69 Å². The molecule has 0 aliphatic heterocycles. The topological polar surface area (TPSA) is 90.1 Å². The number of thiazole rings is 1. The van der Waals surface area contributed by atoms with Crippen LogP contribution in [-0.2, 0) is 0 Å². The van der Waals surface area contributed by atoms with E-state index < -0.39 is 5.91 Å². The molecule has 27 heavy (non-hydrogen) atoms. The van der Waals surface area contributed by atoms with Gasteiger partial charge in [0.2, 0.25) is 0 Å². The van der Waals surface area contributed by atoms with E-state index in [1.54, 1.807) is 31.6 Å². The SMILES string of the molecule is COc1ccccc1-c1csc(NC(=O)c2cc(-c3cccnc3)on2)n1. The molecule has 1 aromatic carbocycles. The highest BCUT2D eigenvalue weighted by Crippen LogP contribution is 2.32. The summed E-state index contributed by atoms with van der Waals surface area (Å²) in [4.78, 5) is 20.9. The summed E-state index contributed by atoms with van der Waals surface area (Å²) in [7, 11) is 1.61. The minimum atomic E-state index is -0.394. The van der Waals surface area contributed by atoms with Crippen molar-refractivity contribution in [3.63, 3.8) is 0 Å². The summed E-state index contributed by atoms with van der Waals surface area (Å²) in [6.45, 7) is 0. The molecule has 1 amide bonds. The molecule has 0 unspecified atom stereocenters. The number of nitrogens with one attached hydrogen (secondary N) is 1. The highest BCUT2D eigenvalue weighted by molar-refractivity contribution is 7.14. The van der Waals surface area contributed by atoms with E-state index in [2.05, 4.69) is 20.4 Å². The zero-order chi connectivity index (χ0) is 18.6. The Kier molecular flexibility index (Phi) is 4.63. The monoisotopic (exact) mass is 378 g/mol. The molecule has 134 valence electrons. The molecule has 0 aliphatic rings. The van der Waals surface area contributed by atoms with Crippen LogP contribution in [0.3, 0.4) is 0 Å². The predicted molar refractivity (Wildman–Crippen MR) is 102 cm³/mol. The number of carbonyl (C=O) groups excluding carboxylic acids is 1. The first-order chi connectivity index (χ1) is 13.2. The Morgan fingerprint density at radius 2 is 2.11 bits per heavy atom. The number of amides is 1. The highest BCUT2D eigenvalue weighted by Gasteiger charge is 2.16. The number of methoxy groups -OCH3 is 1. The molecule has 0 fully saturated rings. The van der Waals surface area contributed by atoms with Crippen molar-refractivity contribution < 1.29 is 14.1 Å². The molecular formula is C19H14N4O3S. The van der Waals surface area contributed by atoms with Gasteiger partial charge in [-0.3, -0.25) is 15.1 Å². The third-order valence-corrected chi connectivity index (χ3v) is 4.55. The third-order valence-electron chi connectivity index (χ3n) is 3.80. The van der Waals surface area contributed by atoms with Crippen LogP contribution in [0.25, 0.3) is 22.6 Å². The predicted octanol–water partition coefficient (Wildman–Crippen LogP) is 4.12. The molecule has 1 N–H and O–H groups in total. The van der Waals surface area contributed by atoms with Gasteiger partial charge in [-0.05, 0) is 24.3 Å². The fraction of sp³-hybridized carbons (Fsp3) is 0.0526. The average Bonchev–Trinajstić information content (AvgIpc) is 3.38. The van der Waals surface area contributed by atoms with Crippen molar-refractivity contribution in [1.82, 2.24) is 15.1 Å². The standard InChI is InChI=1S/C19H14N4O3S/c1-25-16-7-3-2-6-13(16)15-11-27-19(21-15)22-18(24)14-9-17(26-23-14)12-5-4-8-20-10-12/h2-11H,1H3,(H,21,22,24). The summed E-state index contributed by atoms with van der Waals surface area (Å²) in [5.41, 5.74) is 2.50. The van der Waals surface area contributed by atoms with Crippen LogP contribution in [0.5, 0.6) is 5.75 Å². The smallest absolute Gasteiger partial charge is 0.279 e. The van der Waals surface area contributed by atoms with Crippen molar-refractivity contribution in [3.05, 3.63) is 65.9 Å². The summed E-state index contributed by atoms with van der Waals surface area (Å²) < 4.78 is 10.6. The largest absolute Gasteiger partial charge is 0.496 e. The molecule has 0 spiro atoms.